The van der Waals surface area contributed by atoms with Gasteiger partial charge >= 0.3 is 5.97 Å². The molecule has 0 spiro atoms. The summed E-state index contributed by atoms with van der Waals surface area (Å²) in [6.07, 6.45) is 6.71. The highest BCUT2D eigenvalue weighted by Gasteiger charge is 2.43. The molecule has 0 aromatic heterocycles. The maximum Gasteiger partial charge on any atom is 0.303 e. The number of carboxylic acids is 1. The van der Waals surface area contributed by atoms with Crippen LogP contribution in [0.1, 0.15) is 51.4 Å². The van der Waals surface area contributed by atoms with Crippen molar-refractivity contribution in [2.45, 2.75) is 57.0 Å². The van der Waals surface area contributed by atoms with Crippen LogP contribution in [0.2, 0.25) is 0 Å². The fraction of sp³-hybridized carbons (Fsp3) is 0.867. The Morgan fingerprint density at radius 2 is 1.80 bits per heavy atom. The van der Waals surface area contributed by atoms with E-state index in [9.17, 15) is 9.59 Å². The summed E-state index contributed by atoms with van der Waals surface area (Å²) in [6, 6.07) is 0. The van der Waals surface area contributed by atoms with E-state index in [0.717, 1.165) is 38.5 Å². The summed E-state index contributed by atoms with van der Waals surface area (Å²) in [4.78, 5) is 25.3. The molecular weight excluding hydrogens is 258 g/mol. The number of carboxylic acid groups (broad SMARTS) is 1. The second kappa shape index (κ2) is 6.57. The monoisotopic (exact) mass is 283 g/mol. The van der Waals surface area contributed by atoms with E-state index < -0.39 is 11.6 Å². The molecule has 20 heavy (non-hydrogen) atoms. The number of rotatable bonds is 4. The lowest BCUT2D eigenvalue weighted by Crippen LogP contribution is -2.53. The van der Waals surface area contributed by atoms with Gasteiger partial charge in [-0.15, -0.1) is 0 Å². The topological polar surface area (TPSA) is 66.8 Å². The second-order valence-corrected chi connectivity index (χ2v) is 6.09. The molecule has 1 aliphatic heterocycles. The summed E-state index contributed by atoms with van der Waals surface area (Å²) in [5.41, 5.74) is -0.613. The van der Waals surface area contributed by atoms with Gasteiger partial charge in [0, 0.05) is 26.6 Å². The van der Waals surface area contributed by atoms with E-state index in [-0.39, 0.29) is 18.2 Å². The lowest BCUT2D eigenvalue weighted by atomic mass is 9.82. The summed E-state index contributed by atoms with van der Waals surface area (Å²) < 4.78 is 5.60. The molecule has 0 aromatic carbocycles. The Kier molecular flexibility index (Phi) is 5.02. The molecule has 114 valence electrons. The van der Waals surface area contributed by atoms with Crippen molar-refractivity contribution in [3.8, 4) is 0 Å². The van der Waals surface area contributed by atoms with Crippen LogP contribution in [0.3, 0.4) is 0 Å². The van der Waals surface area contributed by atoms with Crippen LogP contribution in [0.15, 0.2) is 0 Å². The standard InChI is InChI=1S/C15H25NO4/c1-20-15(7-3-2-4-8-15)14(19)16-9-5-12(6-10-16)11-13(17)18/h12H,2-11H2,1H3,(H,17,18). The van der Waals surface area contributed by atoms with Crippen LogP contribution >= 0.6 is 0 Å². The van der Waals surface area contributed by atoms with Crippen LogP contribution in [-0.4, -0.2) is 47.7 Å². The fourth-order valence-electron chi connectivity index (χ4n) is 3.50. The Bertz CT molecular complexity index is 355. The van der Waals surface area contributed by atoms with Gasteiger partial charge in [0.2, 0.25) is 0 Å². The normalized spacial score (nSPS) is 23.6. The van der Waals surface area contributed by atoms with Crippen molar-refractivity contribution in [1.82, 2.24) is 4.90 Å². The van der Waals surface area contributed by atoms with Gasteiger partial charge in [-0.1, -0.05) is 19.3 Å². The number of amides is 1. The molecule has 1 N–H and O–H groups in total. The highest BCUT2D eigenvalue weighted by Crippen LogP contribution is 2.34. The first kappa shape index (κ1) is 15.3. The first-order chi connectivity index (χ1) is 9.57. The third-order valence-corrected chi connectivity index (χ3v) is 4.81. The number of carbonyl (C=O) groups excluding carboxylic acids is 1. The van der Waals surface area contributed by atoms with Gasteiger partial charge in [-0.25, -0.2) is 0 Å². The fourth-order valence-corrected chi connectivity index (χ4v) is 3.50. The molecule has 2 aliphatic rings. The minimum atomic E-state index is -0.740. The first-order valence-corrected chi connectivity index (χ1v) is 7.64. The average Bonchev–Trinajstić information content (AvgIpc) is 2.47. The highest BCUT2D eigenvalue weighted by atomic mass is 16.5. The molecule has 1 saturated heterocycles. The van der Waals surface area contributed by atoms with Crippen LogP contribution in [0.4, 0.5) is 0 Å². The van der Waals surface area contributed by atoms with E-state index in [1.54, 1.807) is 7.11 Å². The zero-order valence-electron chi connectivity index (χ0n) is 12.3. The van der Waals surface area contributed by atoms with Crippen molar-refractivity contribution in [2.24, 2.45) is 5.92 Å². The number of nitrogens with zero attached hydrogens (tertiary/aromatic N) is 1. The molecule has 5 nitrogen and oxygen atoms in total. The van der Waals surface area contributed by atoms with Crippen molar-refractivity contribution in [1.29, 1.82) is 0 Å². The Morgan fingerprint density at radius 3 is 2.30 bits per heavy atom. The van der Waals surface area contributed by atoms with Gasteiger partial charge < -0.3 is 14.7 Å². The minimum absolute atomic E-state index is 0.119. The maximum absolute atomic E-state index is 12.7. The molecule has 2 fully saturated rings. The summed E-state index contributed by atoms with van der Waals surface area (Å²) in [5, 5.41) is 8.82. The van der Waals surface area contributed by atoms with Gasteiger partial charge in [0.05, 0.1) is 0 Å². The van der Waals surface area contributed by atoms with Crippen LogP contribution in [0.25, 0.3) is 0 Å². The van der Waals surface area contributed by atoms with Crippen LogP contribution in [0, 0.1) is 5.92 Å². The minimum Gasteiger partial charge on any atom is -0.481 e. The molecule has 1 amide bonds. The van der Waals surface area contributed by atoms with E-state index in [1.165, 1.54) is 6.42 Å². The van der Waals surface area contributed by atoms with Crippen molar-refractivity contribution < 1.29 is 19.4 Å². The smallest absolute Gasteiger partial charge is 0.303 e. The number of hydrogen-bond acceptors (Lipinski definition) is 3. The molecule has 5 heteroatoms. The predicted molar refractivity (Wildman–Crippen MR) is 74.4 cm³/mol. The van der Waals surface area contributed by atoms with E-state index in [4.69, 9.17) is 9.84 Å². The van der Waals surface area contributed by atoms with Crippen molar-refractivity contribution in [3.63, 3.8) is 0 Å². The maximum atomic E-state index is 12.7. The number of carbonyl (C=O) groups is 2. The van der Waals surface area contributed by atoms with Crippen LogP contribution in [0.5, 0.6) is 0 Å². The van der Waals surface area contributed by atoms with Crippen molar-refractivity contribution in [2.75, 3.05) is 20.2 Å². The Balaban J connectivity index is 1.92. The number of ether oxygens (including phenoxy) is 1. The third-order valence-electron chi connectivity index (χ3n) is 4.81. The molecule has 1 heterocycles. The molecule has 2 rings (SSSR count). The molecule has 0 aromatic rings. The number of aliphatic carboxylic acids is 1. The third kappa shape index (κ3) is 3.32. The Hall–Kier alpha value is -1.10. The van der Waals surface area contributed by atoms with Crippen molar-refractivity contribution in [3.05, 3.63) is 0 Å². The second-order valence-electron chi connectivity index (χ2n) is 6.09. The van der Waals surface area contributed by atoms with E-state index in [1.807, 2.05) is 4.90 Å². The zero-order valence-corrected chi connectivity index (χ0v) is 12.3. The Labute approximate surface area is 120 Å². The molecular formula is C15H25NO4. The summed E-state index contributed by atoms with van der Waals surface area (Å²) in [7, 11) is 1.64. The SMILES string of the molecule is COC1(C(=O)N2CCC(CC(=O)O)CC2)CCCCC1. The van der Waals surface area contributed by atoms with Crippen LogP contribution in [-0.2, 0) is 14.3 Å². The summed E-state index contributed by atoms with van der Waals surface area (Å²) in [6.45, 7) is 1.34. The first-order valence-electron chi connectivity index (χ1n) is 7.64. The van der Waals surface area contributed by atoms with E-state index in [2.05, 4.69) is 0 Å². The molecule has 0 radical (unpaired) electrons. The van der Waals surface area contributed by atoms with Gasteiger partial charge in [-0.05, 0) is 31.6 Å². The molecule has 1 saturated carbocycles. The quantitative estimate of drug-likeness (QED) is 0.857. The highest BCUT2D eigenvalue weighted by molar-refractivity contribution is 5.85. The number of hydrogen-bond donors (Lipinski definition) is 1. The lowest BCUT2D eigenvalue weighted by molar-refractivity contribution is -0.160. The number of piperidine rings is 1. The van der Waals surface area contributed by atoms with E-state index >= 15 is 0 Å². The molecule has 0 bridgehead atoms. The number of methoxy groups -OCH3 is 1. The molecule has 0 atom stereocenters. The molecule has 1 aliphatic carbocycles. The van der Waals surface area contributed by atoms with Crippen LogP contribution < -0.4 is 0 Å². The van der Waals surface area contributed by atoms with Gasteiger partial charge in [-0.3, -0.25) is 9.59 Å². The van der Waals surface area contributed by atoms with Gasteiger partial charge in [0.25, 0.3) is 5.91 Å². The van der Waals surface area contributed by atoms with Crippen molar-refractivity contribution >= 4 is 11.9 Å². The van der Waals surface area contributed by atoms with Gasteiger partial charge in [0.15, 0.2) is 0 Å². The summed E-state index contributed by atoms with van der Waals surface area (Å²) >= 11 is 0. The van der Waals surface area contributed by atoms with Gasteiger partial charge in [-0.2, -0.15) is 0 Å². The van der Waals surface area contributed by atoms with E-state index in [0.29, 0.717) is 13.1 Å². The zero-order chi connectivity index (χ0) is 14.6. The van der Waals surface area contributed by atoms with Gasteiger partial charge in [0.1, 0.15) is 5.60 Å². The largest absolute Gasteiger partial charge is 0.481 e. The number of likely N-dealkylation sites (tertiary alicyclic amines) is 1. The molecule has 0 unspecified atom stereocenters. The average molecular weight is 283 g/mol. The summed E-state index contributed by atoms with van der Waals surface area (Å²) in [5.74, 6) is -0.412. The lowest BCUT2D eigenvalue weighted by Gasteiger charge is -2.41. The predicted octanol–water partition coefficient (Wildman–Crippen LogP) is 2.05. The Morgan fingerprint density at radius 1 is 1.20 bits per heavy atom.